The van der Waals surface area contributed by atoms with Gasteiger partial charge in [-0.15, -0.1) is 0 Å². The second kappa shape index (κ2) is 6.86. The molecule has 7 heteroatoms. The number of ether oxygens (including phenoxy) is 1. The van der Waals surface area contributed by atoms with E-state index >= 15 is 0 Å². The highest BCUT2D eigenvalue weighted by Crippen LogP contribution is 2.30. The third-order valence-corrected chi connectivity index (χ3v) is 4.77. The Kier molecular flexibility index (Phi) is 4.82. The maximum atomic E-state index is 12.8. The second-order valence-electron chi connectivity index (χ2n) is 6.64. The maximum absolute atomic E-state index is 12.8. The Labute approximate surface area is 141 Å². The van der Waals surface area contributed by atoms with Crippen molar-refractivity contribution in [3.05, 3.63) is 33.9 Å². The van der Waals surface area contributed by atoms with Gasteiger partial charge in [0, 0.05) is 37.0 Å². The minimum Gasteiger partial charge on any atom is -0.376 e. The molecule has 0 aliphatic carbocycles. The fourth-order valence-electron chi connectivity index (χ4n) is 3.41. The first-order valence-electron chi connectivity index (χ1n) is 8.39. The van der Waals surface area contributed by atoms with E-state index in [1.54, 1.807) is 17.0 Å². The van der Waals surface area contributed by atoms with Crippen LogP contribution >= 0.6 is 0 Å². The van der Waals surface area contributed by atoms with Crippen LogP contribution in [0.5, 0.6) is 0 Å². The fraction of sp³-hybridized carbons (Fsp3) is 0.588. The molecule has 0 spiro atoms. The number of carbonyl (C=O) groups excluding carboxylic acids is 1. The predicted octanol–water partition coefficient (Wildman–Crippen LogP) is 1.98. The van der Waals surface area contributed by atoms with Crippen LogP contribution in [0.1, 0.15) is 25.8 Å². The summed E-state index contributed by atoms with van der Waals surface area (Å²) >= 11 is 0. The number of hydrogen-bond donors (Lipinski definition) is 0. The highest BCUT2D eigenvalue weighted by atomic mass is 16.6. The van der Waals surface area contributed by atoms with E-state index < -0.39 is 4.92 Å². The van der Waals surface area contributed by atoms with Crippen molar-refractivity contribution in [1.82, 2.24) is 4.90 Å². The third kappa shape index (κ3) is 3.42. The van der Waals surface area contributed by atoms with Crippen molar-refractivity contribution >= 4 is 17.3 Å². The van der Waals surface area contributed by atoms with Gasteiger partial charge in [-0.1, -0.05) is 0 Å². The Balaban J connectivity index is 1.76. The largest absolute Gasteiger partial charge is 0.376 e. The molecule has 0 N–H and O–H groups in total. The molecule has 0 bridgehead atoms. The topological polar surface area (TPSA) is 75.9 Å². The van der Waals surface area contributed by atoms with Crippen LogP contribution in [-0.2, 0) is 16.0 Å². The molecular weight excluding hydrogens is 310 g/mol. The lowest BCUT2D eigenvalue weighted by atomic mass is 10.0. The number of rotatable bonds is 3. The normalized spacial score (nSPS) is 24.5. The number of morpholine rings is 1. The van der Waals surface area contributed by atoms with E-state index in [-0.39, 0.29) is 23.7 Å². The summed E-state index contributed by atoms with van der Waals surface area (Å²) in [7, 11) is 0. The molecule has 1 fully saturated rings. The summed E-state index contributed by atoms with van der Waals surface area (Å²) in [6, 6.07) is 4.99. The Morgan fingerprint density at radius 1 is 1.42 bits per heavy atom. The van der Waals surface area contributed by atoms with Crippen molar-refractivity contribution < 1.29 is 14.5 Å². The van der Waals surface area contributed by atoms with E-state index in [1.165, 1.54) is 6.07 Å². The Bertz CT molecular complexity index is 649. The number of fused-ring (bicyclic) bond motifs is 1. The smallest absolute Gasteiger partial charge is 0.269 e. The lowest BCUT2D eigenvalue weighted by Crippen LogP contribution is -2.52. The number of hydrogen-bond acceptors (Lipinski definition) is 5. The Morgan fingerprint density at radius 2 is 2.21 bits per heavy atom. The predicted molar refractivity (Wildman–Crippen MR) is 90.2 cm³/mol. The monoisotopic (exact) mass is 333 g/mol. The molecule has 0 saturated carbocycles. The van der Waals surface area contributed by atoms with Gasteiger partial charge in [0.15, 0.2) is 0 Å². The zero-order chi connectivity index (χ0) is 17.3. The van der Waals surface area contributed by atoms with Gasteiger partial charge in [0.05, 0.1) is 24.2 Å². The number of carbonyl (C=O) groups is 1. The standard InChI is InChI=1S/C17H23N3O4/c1-12-11-24-13(2)9-18(12)10-17(21)19-7-3-4-14-8-15(20(22)23)5-6-16(14)19/h5-6,8,12-13H,3-4,7,9-11H2,1-2H3/t12-,13-/m0/s1. The zero-order valence-corrected chi connectivity index (χ0v) is 14.1. The van der Waals surface area contributed by atoms with E-state index in [0.29, 0.717) is 19.7 Å². The first-order valence-corrected chi connectivity index (χ1v) is 8.39. The van der Waals surface area contributed by atoms with Gasteiger partial charge >= 0.3 is 0 Å². The number of aryl methyl sites for hydroxylation is 1. The maximum Gasteiger partial charge on any atom is 0.269 e. The van der Waals surface area contributed by atoms with E-state index in [9.17, 15) is 14.9 Å². The minimum atomic E-state index is -0.391. The summed E-state index contributed by atoms with van der Waals surface area (Å²) in [6.45, 7) is 6.47. The average Bonchev–Trinajstić information content (AvgIpc) is 2.57. The fourth-order valence-corrected chi connectivity index (χ4v) is 3.41. The van der Waals surface area contributed by atoms with Gasteiger partial charge in [-0.25, -0.2) is 0 Å². The van der Waals surface area contributed by atoms with Gasteiger partial charge in [-0.2, -0.15) is 0 Å². The lowest BCUT2D eigenvalue weighted by Gasteiger charge is -2.38. The summed E-state index contributed by atoms with van der Waals surface area (Å²) in [5, 5.41) is 10.9. The average molecular weight is 333 g/mol. The van der Waals surface area contributed by atoms with Crippen molar-refractivity contribution in [2.24, 2.45) is 0 Å². The van der Waals surface area contributed by atoms with Crippen LogP contribution in [0.25, 0.3) is 0 Å². The van der Waals surface area contributed by atoms with Crippen molar-refractivity contribution in [3.8, 4) is 0 Å². The van der Waals surface area contributed by atoms with Crippen molar-refractivity contribution in [2.75, 3.05) is 31.1 Å². The second-order valence-corrected chi connectivity index (χ2v) is 6.64. The summed E-state index contributed by atoms with van der Waals surface area (Å²) in [4.78, 5) is 27.3. The summed E-state index contributed by atoms with van der Waals surface area (Å²) in [5.74, 6) is 0.0470. The van der Waals surface area contributed by atoms with E-state index in [4.69, 9.17) is 4.74 Å². The summed E-state index contributed by atoms with van der Waals surface area (Å²) in [5.41, 5.74) is 1.77. The van der Waals surface area contributed by atoms with Gasteiger partial charge < -0.3 is 9.64 Å². The van der Waals surface area contributed by atoms with Crippen LogP contribution in [0, 0.1) is 10.1 Å². The van der Waals surface area contributed by atoms with Gasteiger partial charge in [0.2, 0.25) is 5.91 Å². The van der Waals surface area contributed by atoms with Gasteiger partial charge in [0.25, 0.3) is 5.69 Å². The van der Waals surface area contributed by atoms with Crippen LogP contribution in [0.15, 0.2) is 18.2 Å². The van der Waals surface area contributed by atoms with Gasteiger partial charge in [-0.3, -0.25) is 19.8 Å². The molecule has 24 heavy (non-hydrogen) atoms. The molecule has 130 valence electrons. The molecule has 0 aromatic heterocycles. The zero-order valence-electron chi connectivity index (χ0n) is 14.1. The van der Waals surface area contributed by atoms with E-state index in [1.807, 2.05) is 6.92 Å². The number of anilines is 1. The number of amides is 1. The van der Waals surface area contributed by atoms with E-state index in [0.717, 1.165) is 30.6 Å². The molecule has 7 nitrogen and oxygen atoms in total. The van der Waals surface area contributed by atoms with E-state index in [2.05, 4.69) is 11.8 Å². The third-order valence-electron chi connectivity index (χ3n) is 4.77. The molecule has 2 heterocycles. The number of non-ortho nitro benzene ring substituents is 1. The van der Waals surface area contributed by atoms with Crippen LogP contribution < -0.4 is 4.90 Å². The highest BCUT2D eigenvalue weighted by Gasteiger charge is 2.29. The summed E-state index contributed by atoms with van der Waals surface area (Å²) in [6.07, 6.45) is 1.73. The molecule has 2 atom stereocenters. The molecule has 0 unspecified atom stereocenters. The molecule has 1 saturated heterocycles. The first-order chi connectivity index (χ1) is 11.5. The van der Waals surface area contributed by atoms with Crippen LogP contribution in [-0.4, -0.2) is 54.1 Å². The Hall–Kier alpha value is -1.99. The van der Waals surface area contributed by atoms with Gasteiger partial charge in [-0.05, 0) is 38.3 Å². The summed E-state index contributed by atoms with van der Waals surface area (Å²) < 4.78 is 5.61. The lowest BCUT2D eigenvalue weighted by molar-refractivity contribution is -0.384. The number of nitro benzene ring substituents is 1. The molecule has 1 aromatic carbocycles. The number of nitro groups is 1. The molecule has 3 rings (SSSR count). The van der Waals surface area contributed by atoms with Crippen LogP contribution in [0.2, 0.25) is 0 Å². The molecule has 1 aromatic rings. The molecule has 2 aliphatic rings. The SMILES string of the molecule is C[C@H]1CN(CC(=O)N2CCCc3cc([N+](=O)[O-])ccc32)[C@@H](C)CO1. The minimum absolute atomic E-state index is 0.0470. The molecule has 0 radical (unpaired) electrons. The van der Waals surface area contributed by atoms with Crippen molar-refractivity contribution in [1.29, 1.82) is 0 Å². The molecule has 2 aliphatic heterocycles. The molecular formula is C17H23N3O4. The Morgan fingerprint density at radius 3 is 2.96 bits per heavy atom. The van der Waals surface area contributed by atoms with Crippen LogP contribution in [0.3, 0.4) is 0 Å². The number of benzene rings is 1. The van der Waals surface area contributed by atoms with Crippen molar-refractivity contribution in [3.63, 3.8) is 0 Å². The number of nitrogens with zero attached hydrogens (tertiary/aromatic N) is 3. The van der Waals surface area contributed by atoms with Gasteiger partial charge in [0.1, 0.15) is 0 Å². The van der Waals surface area contributed by atoms with Crippen molar-refractivity contribution in [2.45, 2.75) is 38.8 Å². The molecule has 1 amide bonds. The van der Waals surface area contributed by atoms with Crippen LogP contribution in [0.4, 0.5) is 11.4 Å². The highest BCUT2D eigenvalue weighted by molar-refractivity contribution is 5.96. The first kappa shape index (κ1) is 16.9. The quantitative estimate of drug-likeness (QED) is 0.624.